The molecule has 0 unspecified atom stereocenters. The van der Waals surface area contributed by atoms with Gasteiger partial charge in [0, 0.05) is 16.6 Å². The Balaban J connectivity index is 2.05. The van der Waals surface area contributed by atoms with Crippen molar-refractivity contribution in [1.29, 1.82) is 0 Å². The van der Waals surface area contributed by atoms with E-state index in [2.05, 4.69) is 5.32 Å². The number of nitrogens with zero attached hydrogens (tertiary/aromatic N) is 1. The monoisotopic (exact) mass is 382 g/mol. The maximum absolute atomic E-state index is 12.9. The summed E-state index contributed by atoms with van der Waals surface area (Å²) in [6, 6.07) is 23.8. The Hall–Kier alpha value is -3.66. The second-order valence-electron chi connectivity index (χ2n) is 6.98. The number of aromatic nitrogens is 1. The minimum Gasteiger partial charge on any atom is -0.465 e. The first-order valence-corrected chi connectivity index (χ1v) is 9.50. The van der Waals surface area contributed by atoms with Gasteiger partial charge in [-0.3, -0.25) is 0 Å². The number of ether oxygens (including phenoxy) is 1. The van der Waals surface area contributed by atoms with E-state index in [0.717, 1.165) is 38.8 Å². The van der Waals surface area contributed by atoms with Crippen molar-refractivity contribution in [3.05, 3.63) is 89.5 Å². The minimum atomic E-state index is -0.421. The fourth-order valence-electron chi connectivity index (χ4n) is 3.64. The van der Waals surface area contributed by atoms with E-state index in [1.54, 1.807) is 0 Å². The summed E-state index contributed by atoms with van der Waals surface area (Å²) in [5, 5.41) is 4.32. The summed E-state index contributed by atoms with van der Waals surface area (Å²) in [5.74, 6) is 0.0719. The van der Waals surface area contributed by atoms with Gasteiger partial charge in [-0.25, -0.2) is 9.78 Å². The minimum absolute atomic E-state index is 0.421. The Morgan fingerprint density at radius 3 is 2.21 bits per heavy atom. The van der Waals surface area contributed by atoms with Crippen LogP contribution in [0.15, 0.2) is 72.8 Å². The molecule has 0 saturated carbocycles. The maximum Gasteiger partial charge on any atom is 0.342 e. The lowest BCUT2D eigenvalue weighted by Gasteiger charge is -2.19. The van der Waals surface area contributed by atoms with Crippen LogP contribution in [0.1, 0.15) is 21.5 Å². The van der Waals surface area contributed by atoms with Crippen molar-refractivity contribution in [1.82, 2.24) is 4.98 Å². The quantitative estimate of drug-likeness (QED) is 0.437. The molecule has 0 aliphatic carbocycles. The molecule has 4 nitrogen and oxygen atoms in total. The standard InChI is InChI=1S/C25H22N2O2/c1-16-10-9-11-17(2)23(16)27-24-22(25(28)29-3)21(18-12-5-4-6-13-18)19-14-7-8-15-20(19)26-24/h4-15H,1-3H3,(H,26,27). The maximum atomic E-state index is 12.9. The van der Waals surface area contributed by atoms with Gasteiger partial charge in [-0.05, 0) is 36.6 Å². The highest BCUT2D eigenvalue weighted by atomic mass is 16.5. The third-order valence-electron chi connectivity index (χ3n) is 5.07. The molecule has 0 amide bonds. The van der Waals surface area contributed by atoms with Gasteiger partial charge in [-0.2, -0.15) is 0 Å². The molecule has 29 heavy (non-hydrogen) atoms. The fourth-order valence-corrected chi connectivity index (χ4v) is 3.64. The zero-order valence-corrected chi connectivity index (χ0v) is 16.7. The van der Waals surface area contributed by atoms with Gasteiger partial charge in [0.1, 0.15) is 11.4 Å². The number of anilines is 2. The van der Waals surface area contributed by atoms with Crippen molar-refractivity contribution in [2.75, 3.05) is 12.4 Å². The number of benzene rings is 3. The Labute approximate surface area is 170 Å². The van der Waals surface area contributed by atoms with Gasteiger partial charge >= 0.3 is 5.97 Å². The van der Waals surface area contributed by atoms with Gasteiger partial charge in [0.2, 0.25) is 0 Å². The van der Waals surface area contributed by atoms with Gasteiger partial charge in [0.15, 0.2) is 0 Å². The highest BCUT2D eigenvalue weighted by molar-refractivity contribution is 6.11. The summed E-state index contributed by atoms with van der Waals surface area (Å²) in [4.78, 5) is 17.7. The molecule has 0 saturated heterocycles. The first kappa shape index (κ1) is 18.7. The number of pyridine rings is 1. The van der Waals surface area contributed by atoms with Crippen molar-refractivity contribution in [3.8, 4) is 11.1 Å². The molecule has 4 heteroatoms. The number of esters is 1. The summed E-state index contributed by atoms with van der Waals surface area (Å²) in [6.45, 7) is 4.07. The van der Waals surface area contributed by atoms with Crippen LogP contribution in [0.2, 0.25) is 0 Å². The molecule has 0 bridgehead atoms. The number of methoxy groups -OCH3 is 1. The number of hydrogen-bond donors (Lipinski definition) is 1. The average Bonchev–Trinajstić information content (AvgIpc) is 2.75. The molecule has 1 aromatic heterocycles. The van der Waals surface area contributed by atoms with E-state index in [4.69, 9.17) is 9.72 Å². The molecule has 0 radical (unpaired) electrons. The Morgan fingerprint density at radius 1 is 0.862 bits per heavy atom. The van der Waals surface area contributed by atoms with E-state index in [-0.39, 0.29) is 0 Å². The van der Waals surface area contributed by atoms with Crippen LogP contribution in [0.5, 0.6) is 0 Å². The van der Waals surface area contributed by atoms with Crippen molar-refractivity contribution in [2.45, 2.75) is 13.8 Å². The molecule has 0 atom stereocenters. The third kappa shape index (κ3) is 3.45. The molecule has 3 aromatic carbocycles. The van der Waals surface area contributed by atoms with Crippen LogP contribution >= 0.6 is 0 Å². The van der Waals surface area contributed by atoms with Crippen molar-refractivity contribution >= 4 is 28.4 Å². The molecule has 1 heterocycles. The molecular weight excluding hydrogens is 360 g/mol. The van der Waals surface area contributed by atoms with Gasteiger partial charge < -0.3 is 10.1 Å². The van der Waals surface area contributed by atoms with Gasteiger partial charge in [0.05, 0.1) is 12.6 Å². The molecular formula is C25H22N2O2. The van der Waals surface area contributed by atoms with Crippen LogP contribution in [-0.4, -0.2) is 18.1 Å². The normalized spacial score (nSPS) is 10.7. The van der Waals surface area contributed by atoms with Crippen LogP contribution < -0.4 is 5.32 Å². The Bertz CT molecular complexity index is 1180. The average molecular weight is 382 g/mol. The smallest absolute Gasteiger partial charge is 0.342 e. The predicted octanol–water partition coefficient (Wildman–Crippen LogP) is 6.05. The second kappa shape index (κ2) is 7.76. The summed E-state index contributed by atoms with van der Waals surface area (Å²) in [7, 11) is 1.40. The number of para-hydroxylation sites is 2. The number of fused-ring (bicyclic) bond motifs is 1. The molecule has 0 fully saturated rings. The van der Waals surface area contributed by atoms with E-state index < -0.39 is 5.97 Å². The van der Waals surface area contributed by atoms with E-state index in [1.807, 2.05) is 86.6 Å². The number of nitrogens with one attached hydrogen (secondary N) is 1. The highest BCUT2D eigenvalue weighted by Crippen LogP contribution is 2.37. The number of hydrogen-bond acceptors (Lipinski definition) is 4. The predicted molar refractivity (Wildman–Crippen MR) is 118 cm³/mol. The third-order valence-corrected chi connectivity index (χ3v) is 5.07. The van der Waals surface area contributed by atoms with Crippen molar-refractivity contribution in [3.63, 3.8) is 0 Å². The van der Waals surface area contributed by atoms with Crippen molar-refractivity contribution < 1.29 is 9.53 Å². The van der Waals surface area contributed by atoms with Crippen molar-refractivity contribution in [2.24, 2.45) is 0 Å². The van der Waals surface area contributed by atoms with Crippen LogP contribution in [0.3, 0.4) is 0 Å². The number of aryl methyl sites for hydroxylation is 2. The van der Waals surface area contributed by atoms with Gasteiger partial charge in [0.25, 0.3) is 0 Å². The van der Waals surface area contributed by atoms with Crippen LogP contribution in [0.4, 0.5) is 11.5 Å². The molecule has 0 aliphatic rings. The van der Waals surface area contributed by atoms with Crippen LogP contribution in [-0.2, 0) is 4.74 Å². The summed E-state index contributed by atoms with van der Waals surface area (Å²) in [5.41, 5.74) is 6.11. The lowest BCUT2D eigenvalue weighted by atomic mass is 9.95. The van der Waals surface area contributed by atoms with E-state index in [1.165, 1.54) is 7.11 Å². The van der Waals surface area contributed by atoms with E-state index in [0.29, 0.717) is 11.4 Å². The molecule has 1 N–H and O–H groups in total. The largest absolute Gasteiger partial charge is 0.465 e. The molecule has 0 aliphatic heterocycles. The second-order valence-corrected chi connectivity index (χ2v) is 6.98. The Morgan fingerprint density at radius 2 is 1.52 bits per heavy atom. The molecule has 4 rings (SSSR count). The molecule has 0 spiro atoms. The summed E-state index contributed by atoms with van der Waals surface area (Å²) >= 11 is 0. The van der Waals surface area contributed by atoms with E-state index in [9.17, 15) is 4.79 Å². The molecule has 144 valence electrons. The SMILES string of the molecule is COC(=O)c1c(Nc2c(C)cccc2C)nc2ccccc2c1-c1ccccc1. The van der Waals surface area contributed by atoms with Gasteiger partial charge in [-0.15, -0.1) is 0 Å². The fraction of sp³-hybridized carbons (Fsp3) is 0.120. The number of rotatable bonds is 4. The number of carbonyl (C=O) groups is 1. The first-order chi connectivity index (χ1) is 14.1. The van der Waals surface area contributed by atoms with E-state index >= 15 is 0 Å². The van der Waals surface area contributed by atoms with Crippen LogP contribution in [0.25, 0.3) is 22.0 Å². The zero-order valence-electron chi connectivity index (χ0n) is 16.7. The van der Waals surface area contributed by atoms with Crippen LogP contribution in [0, 0.1) is 13.8 Å². The number of carbonyl (C=O) groups excluding carboxylic acids is 1. The van der Waals surface area contributed by atoms with Gasteiger partial charge in [-0.1, -0.05) is 66.7 Å². The summed E-state index contributed by atoms with van der Waals surface area (Å²) in [6.07, 6.45) is 0. The first-order valence-electron chi connectivity index (χ1n) is 9.50. The zero-order chi connectivity index (χ0) is 20.4. The summed E-state index contributed by atoms with van der Waals surface area (Å²) < 4.78 is 5.17. The lowest BCUT2D eigenvalue weighted by molar-refractivity contribution is 0.0602. The lowest BCUT2D eigenvalue weighted by Crippen LogP contribution is -2.11. The topological polar surface area (TPSA) is 51.2 Å². The molecule has 4 aromatic rings. The Kier molecular flexibility index (Phi) is 5.00. The highest BCUT2D eigenvalue weighted by Gasteiger charge is 2.23.